The van der Waals surface area contributed by atoms with Crippen LogP contribution in [0.1, 0.15) is 48.4 Å². The molecule has 2 aliphatic heterocycles. The zero-order chi connectivity index (χ0) is 30.2. The Balaban J connectivity index is 1.21. The van der Waals surface area contributed by atoms with Gasteiger partial charge in [0.25, 0.3) is 18.2 Å². The van der Waals surface area contributed by atoms with Gasteiger partial charge in [0, 0.05) is 50.2 Å². The number of hydrogen-bond donors (Lipinski definition) is 2. The number of alkyl halides is 5. The van der Waals surface area contributed by atoms with Gasteiger partial charge in [0.1, 0.15) is 18.3 Å². The largest absolute Gasteiger partial charge is 0.408 e. The molecule has 2 fully saturated rings. The molecule has 16 heteroatoms. The molecule has 1 atom stereocenters. The highest BCUT2D eigenvalue weighted by Gasteiger charge is 2.37. The molecule has 3 aromatic heterocycles. The van der Waals surface area contributed by atoms with Crippen LogP contribution in [-0.2, 0) is 11.3 Å². The van der Waals surface area contributed by atoms with Crippen molar-refractivity contribution in [3.05, 3.63) is 48.2 Å². The van der Waals surface area contributed by atoms with Crippen molar-refractivity contribution in [3.8, 4) is 11.3 Å². The molecule has 226 valence electrons. The zero-order valence-electron chi connectivity index (χ0n) is 22.5. The Morgan fingerprint density at radius 2 is 1.83 bits per heavy atom. The predicted molar refractivity (Wildman–Crippen MR) is 139 cm³/mol. The third-order valence-electron chi connectivity index (χ3n) is 7.38. The summed E-state index contributed by atoms with van der Waals surface area (Å²) in [7, 11) is 0. The molecule has 0 bridgehead atoms. The Morgan fingerprint density at radius 3 is 2.48 bits per heavy atom. The van der Waals surface area contributed by atoms with Gasteiger partial charge in [-0.1, -0.05) is 6.07 Å². The molecule has 2 amide bonds. The molecule has 3 aromatic rings. The van der Waals surface area contributed by atoms with E-state index in [2.05, 4.69) is 25.4 Å². The second kappa shape index (κ2) is 11.8. The molecule has 5 rings (SSSR count). The number of likely N-dealkylation sites (tertiary alicyclic amines) is 2. The van der Waals surface area contributed by atoms with Crippen molar-refractivity contribution < 1.29 is 36.6 Å². The van der Waals surface area contributed by atoms with E-state index < -0.39 is 36.9 Å². The molecule has 11 nitrogen and oxygen atoms in total. The van der Waals surface area contributed by atoms with Crippen LogP contribution in [0.15, 0.2) is 36.8 Å². The lowest BCUT2D eigenvalue weighted by Crippen LogP contribution is -2.56. The summed E-state index contributed by atoms with van der Waals surface area (Å²) in [6, 6.07) is 4.37. The van der Waals surface area contributed by atoms with Gasteiger partial charge in [-0.25, -0.2) is 13.8 Å². The maximum absolute atomic E-state index is 13.8. The average molecular weight is 597 g/mol. The van der Waals surface area contributed by atoms with Crippen LogP contribution in [0.5, 0.6) is 0 Å². The number of amides is 2. The minimum absolute atomic E-state index is 0.126. The highest BCUT2D eigenvalue weighted by Crippen LogP contribution is 2.32. The Hall–Kier alpha value is -3.92. The van der Waals surface area contributed by atoms with Gasteiger partial charge < -0.3 is 15.3 Å². The average Bonchev–Trinajstić information content (AvgIpc) is 3.54. The first-order valence-corrected chi connectivity index (χ1v) is 13.3. The van der Waals surface area contributed by atoms with Gasteiger partial charge in [-0.3, -0.25) is 23.9 Å². The number of aliphatic hydroxyl groups is 1. The van der Waals surface area contributed by atoms with Crippen LogP contribution < -0.4 is 5.32 Å². The maximum atomic E-state index is 13.8. The van der Waals surface area contributed by atoms with E-state index in [1.54, 1.807) is 4.90 Å². The summed E-state index contributed by atoms with van der Waals surface area (Å²) in [5.41, 5.74) is -0.430. The number of pyridine rings is 1. The molecule has 2 aliphatic rings. The molecule has 5 heterocycles. The number of anilines is 1. The van der Waals surface area contributed by atoms with E-state index in [0.29, 0.717) is 30.9 Å². The predicted octanol–water partition coefficient (Wildman–Crippen LogP) is 3.12. The highest BCUT2D eigenvalue weighted by molar-refractivity contribution is 6.03. The van der Waals surface area contributed by atoms with Gasteiger partial charge in [0.15, 0.2) is 5.69 Å². The van der Waals surface area contributed by atoms with Crippen LogP contribution in [0.3, 0.4) is 0 Å². The number of aromatic nitrogens is 5. The van der Waals surface area contributed by atoms with E-state index >= 15 is 0 Å². The van der Waals surface area contributed by atoms with E-state index in [1.165, 1.54) is 42.2 Å². The van der Waals surface area contributed by atoms with E-state index in [9.17, 15) is 36.6 Å². The summed E-state index contributed by atoms with van der Waals surface area (Å²) in [4.78, 5) is 32.9. The van der Waals surface area contributed by atoms with Crippen molar-refractivity contribution in [2.24, 2.45) is 0 Å². The van der Waals surface area contributed by atoms with Crippen LogP contribution in [0.2, 0.25) is 0 Å². The van der Waals surface area contributed by atoms with Gasteiger partial charge in [-0.15, -0.1) is 0 Å². The van der Waals surface area contributed by atoms with Gasteiger partial charge >= 0.3 is 6.18 Å². The number of rotatable bonds is 8. The Labute approximate surface area is 236 Å². The van der Waals surface area contributed by atoms with E-state index in [-0.39, 0.29) is 40.6 Å². The Morgan fingerprint density at radius 1 is 1.12 bits per heavy atom. The Kier molecular flexibility index (Phi) is 8.28. The number of carbonyl (C=O) groups excluding carboxylic acids is 2. The summed E-state index contributed by atoms with van der Waals surface area (Å²) in [5, 5.41) is 19.7. The molecule has 0 aliphatic carbocycles. The van der Waals surface area contributed by atoms with E-state index in [4.69, 9.17) is 0 Å². The normalized spacial score (nSPS) is 17.9. The molecule has 42 heavy (non-hydrogen) atoms. The maximum Gasteiger partial charge on any atom is 0.408 e. The smallest absolute Gasteiger partial charge is 0.384 e. The van der Waals surface area contributed by atoms with Crippen LogP contribution in [0.4, 0.5) is 27.6 Å². The number of piperidine rings is 1. The molecule has 2 N–H and O–H groups in total. The van der Waals surface area contributed by atoms with Crippen molar-refractivity contribution in [1.82, 2.24) is 34.3 Å². The van der Waals surface area contributed by atoms with Crippen molar-refractivity contribution in [2.75, 3.05) is 31.5 Å². The molecular formula is C26H29F5N8O3. The summed E-state index contributed by atoms with van der Waals surface area (Å²) >= 11 is 0. The van der Waals surface area contributed by atoms with Gasteiger partial charge in [0.05, 0.1) is 23.6 Å². The summed E-state index contributed by atoms with van der Waals surface area (Å²) in [6.45, 7) is 2.37. The molecule has 0 radical (unpaired) electrons. The summed E-state index contributed by atoms with van der Waals surface area (Å²) in [6.07, 6.45) is -3.27. The topological polar surface area (TPSA) is 121 Å². The van der Waals surface area contributed by atoms with Crippen molar-refractivity contribution in [3.63, 3.8) is 0 Å². The number of halogens is 5. The monoisotopic (exact) mass is 596 g/mol. The van der Waals surface area contributed by atoms with Crippen LogP contribution in [0, 0.1) is 0 Å². The minimum atomic E-state index is -4.46. The fraction of sp³-hybridized carbons (Fsp3) is 0.500. The first-order valence-electron chi connectivity index (χ1n) is 13.3. The number of nitrogens with zero attached hydrogens (tertiary/aromatic N) is 7. The fourth-order valence-electron chi connectivity index (χ4n) is 5.19. The third kappa shape index (κ3) is 6.59. The SMILES string of the molecule is C[C@@H](O)C(=O)N1CCC(N2CC(n3cc(NC(=O)c4cccc(-c5cnn(CC(F)(F)F)c5)n4)c(C(F)F)n3)C2)CC1. The van der Waals surface area contributed by atoms with Crippen molar-refractivity contribution >= 4 is 17.5 Å². The standard InChI is InChI=1S/C26H29F5N8O3/c1-15(40)25(42)36-7-5-17(6-8-36)37-11-18(12-37)39-13-21(22(35-39)23(27)28)34-24(41)20-4-2-3-19(33-20)16-9-32-38(10-16)14-26(29,30)31/h2-4,9-10,13,15,17-18,23,40H,5-8,11-12,14H2,1H3,(H,34,41)/t15-/m1/s1. The lowest BCUT2D eigenvalue weighted by atomic mass is 9.97. The first kappa shape index (κ1) is 29.6. The molecule has 0 spiro atoms. The number of aliphatic hydroxyl groups excluding tert-OH is 1. The number of nitrogens with one attached hydrogen (secondary N) is 1. The Bertz CT molecular complexity index is 1430. The van der Waals surface area contributed by atoms with Gasteiger partial charge in [-0.2, -0.15) is 23.4 Å². The first-order chi connectivity index (χ1) is 19.9. The highest BCUT2D eigenvalue weighted by atomic mass is 19.4. The number of hydrogen-bond acceptors (Lipinski definition) is 7. The van der Waals surface area contributed by atoms with Gasteiger partial charge in [-0.05, 0) is 31.9 Å². The quantitative estimate of drug-likeness (QED) is 0.384. The van der Waals surface area contributed by atoms with E-state index in [0.717, 1.165) is 19.0 Å². The zero-order valence-corrected chi connectivity index (χ0v) is 22.5. The summed E-state index contributed by atoms with van der Waals surface area (Å²) in [5.74, 6) is -1.07. The van der Waals surface area contributed by atoms with Gasteiger partial charge in [0.2, 0.25) is 0 Å². The second-order valence-corrected chi connectivity index (χ2v) is 10.5. The number of carbonyl (C=O) groups is 2. The second-order valence-electron chi connectivity index (χ2n) is 10.5. The molecule has 2 saturated heterocycles. The third-order valence-corrected chi connectivity index (χ3v) is 7.38. The minimum Gasteiger partial charge on any atom is -0.384 e. The molecule has 0 unspecified atom stereocenters. The van der Waals surface area contributed by atoms with Crippen molar-refractivity contribution in [1.29, 1.82) is 0 Å². The summed E-state index contributed by atoms with van der Waals surface area (Å²) < 4.78 is 67.7. The fourth-order valence-corrected chi connectivity index (χ4v) is 5.19. The lowest BCUT2D eigenvalue weighted by molar-refractivity contribution is -0.142. The van der Waals surface area contributed by atoms with Crippen LogP contribution in [-0.4, -0.2) is 95.8 Å². The van der Waals surface area contributed by atoms with Crippen LogP contribution in [0.25, 0.3) is 11.3 Å². The molecule has 0 saturated carbocycles. The van der Waals surface area contributed by atoms with Crippen LogP contribution >= 0.6 is 0 Å². The lowest BCUT2D eigenvalue weighted by Gasteiger charge is -2.47. The van der Waals surface area contributed by atoms with Crippen molar-refractivity contribution in [2.45, 2.75) is 57.1 Å². The molecule has 0 aromatic carbocycles. The van der Waals surface area contributed by atoms with E-state index in [1.807, 2.05) is 0 Å². The molecular weight excluding hydrogens is 567 g/mol.